The van der Waals surface area contributed by atoms with Crippen LogP contribution in [-0.2, 0) is 7.05 Å². The molecule has 5 heteroatoms. The lowest BCUT2D eigenvalue weighted by atomic mass is 10.2. The van der Waals surface area contributed by atoms with E-state index in [1.165, 1.54) is 3.57 Å². The first-order valence-corrected chi connectivity index (χ1v) is 5.85. The van der Waals surface area contributed by atoms with Gasteiger partial charge in [0.2, 0.25) is 0 Å². The van der Waals surface area contributed by atoms with Crippen molar-refractivity contribution in [2.45, 2.75) is 0 Å². The van der Waals surface area contributed by atoms with E-state index in [0.29, 0.717) is 0 Å². The van der Waals surface area contributed by atoms with Crippen molar-refractivity contribution in [3.63, 3.8) is 0 Å². The summed E-state index contributed by atoms with van der Waals surface area (Å²) in [7, 11) is 1.86. The second-order valence-corrected chi connectivity index (χ2v) is 4.89. The zero-order chi connectivity index (χ0) is 10.1. The molecule has 1 aromatic carbocycles. The van der Waals surface area contributed by atoms with Gasteiger partial charge in [0.25, 0.3) is 0 Å². The average molecular weight is 364 g/mol. The van der Waals surface area contributed by atoms with Crippen LogP contribution in [0.15, 0.2) is 29.0 Å². The van der Waals surface area contributed by atoms with Gasteiger partial charge in [-0.15, -0.1) is 0 Å². The lowest BCUT2D eigenvalue weighted by Crippen LogP contribution is -1.88. The monoisotopic (exact) mass is 363 g/mol. The minimum atomic E-state index is 0.754. The number of hydrogen-bond acceptors (Lipinski definition) is 2. The van der Waals surface area contributed by atoms with E-state index in [-0.39, 0.29) is 0 Å². The van der Waals surface area contributed by atoms with Crippen LogP contribution in [0.1, 0.15) is 0 Å². The number of aryl methyl sites for hydroxylation is 1. The van der Waals surface area contributed by atoms with Gasteiger partial charge in [0, 0.05) is 20.7 Å². The molecule has 2 aromatic rings. The molecule has 0 amide bonds. The van der Waals surface area contributed by atoms with Crippen LogP contribution < -0.4 is 0 Å². The number of benzene rings is 1. The molecule has 0 radical (unpaired) electrons. The predicted molar refractivity (Wildman–Crippen MR) is 66.9 cm³/mol. The highest BCUT2D eigenvalue weighted by atomic mass is 127. The van der Waals surface area contributed by atoms with Gasteiger partial charge < -0.3 is 0 Å². The molecule has 0 spiro atoms. The summed E-state index contributed by atoms with van der Waals surface area (Å²) in [5, 5.41) is 4.23. The van der Waals surface area contributed by atoms with Crippen LogP contribution in [0.3, 0.4) is 0 Å². The van der Waals surface area contributed by atoms with E-state index in [1.54, 1.807) is 11.0 Å². The zero-order valence-corrected chi connectivity index (χ0v) is 11.2. The molecular formula is C9H7BrIN3. The van der Waals surface area contributed by atoms with Gasteiger partial charge in [-0.2, -0.15) is 5.10 Å². The van der Waals surface area contributed by atoms with Crippen LogP contribution in [-0.4, -0.2) is 14.8 Å². The lowest BCUT2D eigenvalue weighted by Gasteiger charge is -1.98. The molecule has 0 aliphatic heterocycles. The van der Waals surface area contributed by atoms with Gasteiger partial charge in [0.15, 0.2) is 5.82 Å². The Morgan fingerprint density at radius 1 is 1.43 bits per heavy atom. The lowest BCUT2D eigenvalue weighted by molar-refractivity contribution is 0.768. The first kappa shape index (κ1) is 10.1. The maximum absolute atomic E-state index is 4.23. The van der Waals surface area contributed by atoms with Crippen molar-refractivity contribution in [1.82, 2.24) is 14.8 Å². The number of hydrogen-bond donors (Lipinski definition) is 0. The summed E-state index contributed by atoms with van der Waals surface area (Å²) >= 11 is 5.75. The first-order valence-electron chi connectivity index (χ1n) is 3.98. The Morgan fingerprint density at radius 2 is 2.21 bits per heavy atom. The van der Waals surface area contributed by atoms with E-state index in [2.05, 4.69) is 48.6 Å². The van der Waals surface area contributed by atoms with Crippen LogP contribution in [0.4, 0.5) is 0 Å². The maximum atomic E-state index is 4.23. The van der Waals surface area contributed by atoms with Crippen molar-refractivity contribution in [3.05, 3.63) is 32.6 Å². The molecule has 1 heterocycles. The fraction of sp³-hybridized carbons (Fsp3) is 0.111. The van der Waals surface area contributed by atoms with Crippen LogP contribution in [0.5, 0.6) is 0 Å². The van der Waals surface area contributed by atoms with Crippen molar-refractivity contribution >= 4 is 38.5 Å². The molecule has 3 nitrogen and oxygen atoms in total. The summed E-state index contributed by atoms with van der Waals surface area (Å²) in [5.74, 6) is 0.754. The standard InChI is InChI=1S/C9H7BrIN3/c1-14-5-12-9(13-14)6-2-3-8(11)7(10)4-6/h2-5H,1H3. The van der Waals surface area contributed by atoms with E-state index < -0.39 is 0 Å². The molecule has 0 N–H and O–H groups in total. The van der Waals surface area contributed by atoms with Crippen molar-refractivity contribution in [2.75, 3.05) is 0 Å². The fourth-order valence-corrected chi connectivity index (χ4v) is 1.82. The van der Waals surface area contributed by atoms with E-state index in [9.17, 15) is 0 Å². The highest BCUT2D eigenvalue weighted by molar-refractivity contribution is 14.1. The summed E-state index contributed by atoms with van der Waals surface area (Å²) in [6.45, 7) is 0. The van der Waals surface area contributed by atoms with Gasteiger partial charge in [0.1, 0.15) is 6.33 Å². The predicted octanol–water partition coefficient (Wildman–Crippen LogP) is 2.85. The maximum Gasteiger partial charge on any atom is 0.181 e. The van der Waals surface area contributed by atoms with Crippen LogP contribution in [0.2, 0.25) is 0 Å². The minimum absolute atomic E-state index is 0.754. The third kappa shape index (κ3) is 1.98. The molecule has 2 rings (SSSR count). The smallest absolute Gasteiger partial charge is 0.181 e. The van der Waals surface area contributed by atoms with E-state index in [4.69, 9.17) is 0 Å². The van der Waals surface area contributed by atoms with Crippen LogP contribution >= 0.6 is 38.5 Å². The van der Waals surface area contributed by atoms with Crippen molar-refractivity contribution in [2.24, 2.45) is 7.05 Å². The van der Waals surface area contributed by atoms with Crippen molar-refractivity contribution in [3.8, 4) is 11.4 Å². The van der Waals surface area contributed by atoms with Gasteiger partial charge in [-0.3, -0.25) is 4.68 Å². The molecule has 0 aliphatic carbocycles. The molecule has 72 valence electrons. The van der Waals surface area contributed by atoms with Crippen molar-refractivity contribution in [1.29, 1.82) is 0 Å². The second-order valence-electron chi connectivity index (χ2n) is 2.87. The number of halogens is 2. The summed E-state index contributed by atoms with van der Waals surface area (Å²) < 4.78 is 3.95. The van der Waals surface area contributed by atoms with Gasteiger partial charge in [-0.25, -0.2) is 4.98 Å². The Morgan fingerprint density at radius 3 is 2.79 bits per heavy atom. The summed E-state index contributed by atoms with van der Waals surface area (Å²) in [6, 6.07) is 6.08. The first-order chi connectivity index (χ1) is 6.66. The summed E-state index contributed by atoms with van der Waals surface area (Å²) in [6.07, 6.45) is 1.70. The zero-order valence-electron chi connectivity index (χ0n) is 7.41. The number of aromatic nitrogens is 3. The van der Waals surface area contributed by atoms with E-state index in [0.717, 1.165) is 15.9 Å². The highest BCUT2D eigenvalue weighted by Crippen LogP contribution is 2.24. The molecule has 0 aliphatic rings. The summed E-state index contributed by atoms with van der Waals surface area (Å²) in [5.41, 5.74) is 1.03. The molecule has 14 heavy (non-hydrogen) atoms. The Hall–Kier alpha value is -0.430. The average Bonchev–Trinajstić information content (AvgIpc) is 2.57. The highest BCUT2D eigenvalue weighted by Gasteiger charge is 2.04. The molecule has 0 fully saturated rings. The SMILES string of the molecule is Cn1cnc(-c2ccc(I)c(Br)c2)n1. The second kappa shape index (κ2) is 3.98. The molecule has 0 saturated heterocycles. The van der Waals surface area contributed by atoms with Crippen LogP contribution in [0, 0.1) is 3.57 Å². The molecule has 0 saturated carbocycles. The van der Waals surface area contributed by atoms with Gasteiger partial charge in [-0.1, -0.05) is 0 Å². The quantitative estimate of drug-likeness (QED) is 0.729. The van der Waals surface area contributed by atoms with E-state index >= 15 is 0 Å². The molecule has 0 unspecified atom stereocenters. The molecular weight excluding hydrogens is 357 g/mol. The Bertz CT molecular complexity index is 467. The van der Waals surface area contributed by atoms with Gasteiger partial charge in [-0.05, 0) is 56.7 Å². The molecule has 0 bridgehead atoms. The summed E-state index contributed by atoms with van der Waals surface area (Å²) in [4.78, 5) is 4.19. The van der Waals surface area contributed by atoms with Crippen LogP contribution in [0.25, 0.3) is 11.4 Å². The molecule has 1 aromatic heterocycles. The van der Waals surface area contributed by atoms with Gasteiger partial charge >= 0.3 is 0 Å². The Balaban J connectivity index is 2.47. The normalized spacial score (nSPS) is 10.5. The largest absolute Gasteiger partial charge is 0.255 e. The minimum Gasteiger partial charge on any atom is -0.255 e. The topological polar surface area (TPSA) is 30.7 Å². The molecule has 0 atom stereocenters. The number of nitrogens with zero attached hydrogens (tertiary/aromatic N) is 3. The third-order valence-corrected chi connectivity index (χ3v) is 4.12. The third-order valence-electron chi connectivity index (χ3n) is 1.78. The fourth-order valence-electron chi connectivity index (χ4n) is 1.11. The van der Waals surface area contributed by atoms with Crippen molar-refractivity contribution < 1.29 is 0 Å². The Labute approximate surface area is 104 Å². The Kier molecular flexibility index (Phi) is 2.87. The van der Waals surface area contributed by atoms with E-state index in [1.807, 2.05) is 25.2 Å². The number of rotatable bonds is 1. The van der Waals surface area contributed by atoms with Gasteiger partial charge in [0.05, 0.1) is 0 Å².